The Morgan fingerprint density at radius 2 is 1.91 bits per heavy atom. The van der Waals surface area contributed by atoms with E-state index < -0.39 is 0 Å². The zero-order valence-electron chi connectivity index (χ0n) is 12.9. The molecule has 0 radical (unpaired) electrons. The summed E-state index contributed by atoms with van der Waals surface area (Å²) in [5.74, 6) is -0.212. The number of nitrogen functional groups attached to an aromatic ring is 1. The van der Waals surface area contributed by atoms with Gasteiger partial charge in [-0.05, 0) is 30.2 Å². The Morgan fingerprint density at radius 1 is 1.26 bits per heavy atom. The Labute approximate surface area is 134 Å². The third kappa shape index (κ3) is 5.18. The van der Waals surface area contributed by atoms with Crippen molar-refractivity contribution in [3.63, 3.8) is 0 Å². The largest absolute Gasteiger partial charge is 0.368 e. The summed E-state index contributed by atoms with van der Waals surface area (Å²) in [6.07, 6.45) is 7.07. The van der Waals surface area contributed by atoms with Crippen molar-refractivity contribution in [1.29, 1.82) is 0 Å². The second-order valence-electron chi connectivity index (χ2n) is 5.09. The van der Waals surface area contributed by atoms with E-state index in [1.165, 1.54) is 18.2 Å². The lowest BCUT2D eigenvalue weighted by molar-refractivity contribution is -0.126. The molecule has 0 bridgehead atoms. The highest BCUT2D eigenvalue weighted by Crippen LogP contribution is 2.09. The molecular weight excluding hydrogens is 295 g/mol. The summed E-state index contributed by atoms with van der Waals surface area (Å²) in [4.78, 5) is 21.8. The van der Waals surface area contributed by atoms with E-state index >= 15 is 0 Å². The number of nitrogens with two attached hydrogens (primary N) is 1. The SMILES string of the molecule is CCCN(Cc1ccc(F)cc1)C(=O)C=Cc1cnc(N)nc1. The van der Waals surface area contributed by atoms with Gasteiger partial charge in [0, 0.05) is 37.1 Å². The number of aromatic nitrogens is 2. The number of halogens is 1. The van der Waals surface area contributed by atoms with Crippen LogP contribution < -0.4 is 5.73 Å². The highest BCUT2D eigenvalue weighted by molar-refractivity contribution is 5.91. The van der Waals surface area contributed by atoms with Gasteiger partial charge in [-0.2, -0.15) is 0 Å². The van der Waals surface area contributed by atoms with Gasteiger partial charge < -0.3 is 10.6 Å². The Hall–Kier alpha value is -2.76. The standard InChI is InChI=1S/C17H19FN4O/c1-2-9-22(12-13-3-6-15(18)7-4-13)16(23)8-5-14-10-20-17(19)21-11-14/h3-8,10-11H,2,9,12H2,1H3,(H2,19,20,21). The lowest BCUT2D eigenvalue weighted by atomic mass is 10.2. The van der Waals surface area contributed by atoms with Crippen molar-refractivity contribution in [3.8, 4) is 0 Å². The van der Waals surface area contributed by atoms with Crippen LogP contribution in [-0.4, -0.2) is 27.3 Å². The average Bonchev–Trinajstić information content (AvgIpc) is 2.55. The van der Waals surface area contributed by atoms with E-state index in [9.17, 15) is 9.18 Å². The molecule has 0 saturated heterocycles. The number of hydrogen-bond acceptors (Lipinski definition) is 4. The van der Waals surface area contributed by atoms with Gasteiger partial charge in [0.1, 0.15) is 5.82 Å². The minimum absolute atomic E-state index is 0.118. The Morgan fingerprint density at radius 3 is 2.52 bits per heavy atom. The van der Waals surface area contributed by atoms with Crippen LogP contribution in [0, 0.1) is 5.82 Å². The molecular formula is C17H19FN4O. The molecule has 2 rings (SSSR count). The third-order valence-electron chi connectivity index (χ3n) is 3.20. The van der Waals surface area contributed by atoms with Crippen LogP contribution in [0.2, 0.25) is 0 Å². The van der Waals surface area contributed by atoms with Crippen LogP contribution in [0.4, 0.5) is 10.3 Å². The lowest BCUT2D eigenvalue weighted by Gasteiger charge is -2.20. The zero-order valence-corrected chi connectivity index (χ0v) is 12.9. The van der Waals surface area contributed by atoms with Gasteiger partial charge in [0.15, 0.2) is 0 Å². The molecule has 2 N–H and O–H groups in total. The topological polar surface area (TPSA) is 72.1 Å². The van der Waals surface area contributed by atoms with Gasteiger partial charge in [-0.25, -0.2) is 14.4 Å². The molecule has 23 heavy (non-hydrogen) atoms. The normalized spacial score (nSPS) is 10.9. The fourth-order valence-corrected chi connectivity index (χ4v) is 2.05. The number of amides is 1. The molecule has 0 saturated carbocycles. The molecule has 1 aromatic heterocycles. The van der Waals surface area contributed by atoms with E-state index in [1.807, 2.05) is 6.92 Å². The molecule has 0 aliphatic rings. The predicted molar refractivity (Wildman–Crippen MR) is 87.6 cm³/mol. The van der Waals surface area contributed by atoms with Crippen LogP contribution in [0.3, 0.4) is 0 Å². The lowest BCUT2D eigenvalue weighted by Crippen LogP contribution is -2.29. The molecule has 0 aliphatic carbocycles. The first kappa shape index (κ1) is 16.6. The van der Waals surface area contributed by atoms with Gasteiger partial charge in [-0.3, -0.25) is 4.79 Å². The summed E-state index contributed by atoms with van der Waals surface area (Å²) in [6.45, 7) is 3.07. The molecule has 120 valence electrons. The number of nitrogens with zero attached hydrogens (tertiary/aromatic N) is 3. The Kier molecular flexibility index (Phi) is 5.80. The van der Waals surface area contributed by atoms with Crippen LogP contribution >= 0.6 is 0 Å². The minimum Gasteiger partial charge on any atom is -0.368 e. The second kappa shape index (κ2) is 8.03. The van der Waals surface area contributed by atoms with Crippen molar-refractivity contribution in [2.75, 3.05) is 12.3 Å². The summed E-state index contributed by atoms with van der Waals surface area (Å²) in [5.41, 5.74) is 7.01. The Bertz CT molecular complexity index is 668. The van der Waals surface area contributed by atoms with Crippen LogP contribution in [0.5, 0.6) is 0 Å². The molecule has 6 heteroatoms. The molecule has 2 aromatic rings. The molecule has 0 atom stereocenters. The summed E-state index contributed by atoms with van der Waals surface area (Å²) in [5, 5.41) is 0. The van der Waals surface area contributed by atoms with E-state index in [0.717, 1.165) is 12.0 Å². The quantitative estimate of drug-likeness (QED) is 0.832. The van der Waals surface area contributed by atoms with Crippen molar-refractivity contribution >= 4 is 17.9 Å². The highest BCUT2D eigenvalue weighted by Gasteiger charge is 2.10. The minimum atomic E-state index is -0.287. The maximum absolute atomic E-state index is 13.0. The molecule has 0 fully saturated rings. The van der Waals surface area contributed by atoms with Gasteiger partial charge in [0.2, 0.25) is 11.9 Å². The van der Waals surface area contributed by atoms with Crippen molar-refractivity contribution in [3.05, 3.63) is 59.7 Å². The third-order valence-corrected chi connectivity index (χ3v) is 3.20. The van der Waals surface area contributed by atoms with Crippen LogP contribution in [-0.2, 0) is 11.3 Å². The average molecular weight is 314 g/mol. The number of carbonyl (C=O) groups excluding carboxylic acids is 1. The van der Waals surface area contributed by atoms with E-state index in [1.54, 1.807) is 35.5 Å². The molecule has 0 unspecified atom stereocenters. The fourth-order valence-electron chi connectivity index (χ4n) is 2.05. The van der Waals surface area contributed by atoms with E-state index in [2.05, 4.69) is 9.97 Å². The summed E-state index contributed by atoms with van der Waals surface area (Å²) in [7, 11) is 0. The summed E-state index contributed by atoms with van der Waals surface area (Å²) >= 11 is 0. The number of benzene rings is 1. The highest BCUT2D eigenvalue weighted by atomic mass is 19.1. The number of hydrogen-bond donors (Lipinski definition) is 1. The fraction of sp³-hybridized carbons (Fsp3) is 0.235. The van der Waals surface area contributed by atoms with Crippen LogP contribution in [0.1, 0.15) is 24.5 Å². The van der Waals surface area contributed by atoms with Gasteiger partial charge in [0.25, 0.3) is 0 Å². The van der Waals surface area contributed by atoms with Crippen LogP contribution in [0.15, 0.2) is 42.7 Å². The smallest absolute Gasteiger partial charge is 0.246 e. The van der Waals surface area contributed by atoms with Crippen molar-refractivity contribution < 1.29 is 9.18 Å². The second-order valence-corrected chi connectivity index (χ2v) is 5.09. The molecule has 0 spiro atoms. The first-order valence-electron chi connectivity index (χ1n) is 7.37. The summed E-state index contributed by atoms with van der Waals surface area (Å²) < 4.78 is 13.0. The van der Waals surface area contributed by atoms with E-state index in [0.29, 0.717) is 18.7 Å². The first-order chi connectivity index (χ1) is 11.1. The predicted octanol–water partition coefficient (Wildman–Crippen LogP) is 2.65. The van der Waals surface area contributed by atoms with Gasteiger partial charge in [0.05, 0.1) is 0 Å². The molecule has 1 heterocycles. The maximum Gasteiger partial charge on any atom is 0.246 e. The molecule has 1 aromatic carbocycles. The number of anilines is 1. The van der Waals surface area contributed by atoms with Crippen LogP contribution in [0.25, 0.3) is 6.08 Å². The Balaban J connectivity index is 2.05. The molecule has 5 nitrogen and oxygen atoms in total. The summed E-state index contributed by atoms with van der Waals surface area (Å²) in [6, 6.07) is 6.16. The van der Waals surface area contributed by atoms with Crippen molar-refractivity contribution in [1.82, 2.24) is 14.9 Å². The monoisotopic (exact) mass is 314 g/mol. The van der Waals surface area contributed by atoms with Gasteiger partial charge in [-0.1, -0.05) is 19.1 Å². The molecule has 0 aliphatic heterocycles. The maximum atomic E-state index is 13.0. The van der Waals surface area contributed by atoms with E-state index in [-0.39, 0.29) is 17.7 Å². The van der Waals surface area contributed by atoms with E-state index in [4.69, 9.17) is 5.73 Å². The number of rotatable bonds is 6. The van der Waals surface area contributed by atoms with Gasteiger partial charge in [-0.15, -0.1) is 0 Å². The number of carbonyl (C=O) groups is 1. The van der Waals surface area contributed by atoms with Crippen molar-refractivity contribution in [2.24, 2.45) is 0 Å². The first-order valence-corrected chi connectivity index (χ1v) is 7.37. The molecule has 1 amide bonds. The zero-order chi connectivity index (χ0) is 16.7. The van der Waals surface area contributed by atoms with Crippen molar-refractivity contribution in [2.45, 2.75) is 19.9 Å². The van der Waals surface area contributed by atoms with Gasteiger partial charge >= 0.3 is 0 Å².